The van der Waals surface area contributed by atoms with Gasteiger partial charge in [-0.15, -0.1) is 0 Å². The van der Waals surface area contributed by atoms with Crippen LogP contribution >= 0.6 is 0 Å². The Labute approximate surface area is 168 Å². The number of fused-ring (bicyclic) bond motifs is 1. The number of hydrogen-bond acceptors (Lipinski definition) is 5. The van der Waals surface area contributed by atoms with Crippen molar-refractivity contribution in [1.82, 2.24) is 0 Å². The van der Waals surface area contributed by atoms with Gasteiger partial charge in [0.15, 0.2) is 0 Å². The van der Waals surface area contributed by atoms with Gasteiger partial charge in [-0.25, -0.2) is 0 Å². The number of esters is 2. The van der Waals surface area contributed by atoms with Gasteiger partial charge < -0.3 is 14.6 Å². The van der Waals surface area contributed by atoms with Gasteiger partial charge in [0.25, 0.3) is 0 Å². The molecule has 5 heteroatoms. The molecule has 28 heavy (non-hydrogen) atoms. The molecule has 0 saturated carbocycles. The van der Waals surface area contributed by atoms with Crippen LogP contribution in [0.3, 0.4) is 0 Å². The summed E-state index contributed by atoms with van der Waals surface area (Å²) < 4.78 is 11.4. The Morgan fingerprint density at radius 2 is 2.18 bits per heavy atom. The normalized spacial score (nSPS) is 36.1. The van der Waals surface area contributed by atoms with E-state index in [1.54, 1.807) is 0 Å². The Morgan fingerprint density at radius 3 is 2.89 bits per heavy atom. The molecule has 7 atom stereocenters. The molecule has 0 amide bonds. The van der Waals surface area contributed by atoms with Gasteiger partial charge in [0.1, 0.15) is 12.2 Å². The zero-order valence-corrected chi connectivity index (χ0v) is 17.3. The predicted molar refractivity (Wildman–Crippen MR) is 106 cm³/mol. The maximum Gasteiger partial charge on any atom is 0.308 e. The molecule has 1 N–H and O–H groups in total. The molecule has 1 heterocycles. The van der Waals surface area contributed by atoms with Crippen molar-refractivity contribution in [2.24, 2.45) is 23.7 Å². The van der Waals surface area contributed by atoms with Gasteiger partial charge >= 0.3 is 11.9 Å². The van der Waals surface area contributed by atoms with E-state index < -0.39 is 6.10 Å². The Kier molecular flexibility index (Phi) is 6.97. The van der Waals surface area contributed by atoms with Crippen molar-refractivity contribution in [2.45, 2.75) is 84.0 Å². The number of carbonyl (C=O) groups is 2. The van der Waals surface area contributed by atoms with E-state index in [1.165, 1.54) is 5.57 Å². The molecule has 1 fully saturated rings. The van der Waals surface area contributed by atoms with E-state index in [0.29, 0.717) is 18.3 Å². The first kappa shape index (κ1) is 21.1. The van der Waals surface area contributed by atoms with Gasteiger partial charge in [-0.3, -0.25) is 9.59 Å². The molecule has 5 nitrogen and oxygen atoms in total. The van der Waals surface area contributed by atoms with Crippen LogP contribution in [0.25, 0.3) is 0 Å². The summed E-state index contributed by atoms with van der Waals surface area (Å²) in [6.07, 6.45) is 10.6. The third-order valence-electron chi connectivity index (χ3n) is 6.69. The molecule has 156 valence electrons. The monoisotopic (exact) mass is 390 g/mol. The molecule has 3 rings (SSSR count). The van der Waals surface area contributed by atoms with Crippen LogP contribution in [0.1, 0.15) is 65.7 Å². The first-order chi connectivity index (χ1) is 13.4. The van der Waals surface area contributed by atoms with Crippen LogP contribution in [0.5, 0.6) is 0 Å². The maximum absolute atomic E-state index is 12.4. The lowest BCUT2D eigenvalue weighted by Crippen LogP contribution is -2.40. The molecule has 0 bridgehead atoms. The fraction of sp³-hybridized carbons (Fsp3) is 0.739. The summed E-state index contributed by atoms with van der Waals surface area (Å²) in [7, 11) is 0. The number of hydrogen-bond donors (Lipinski definition) is 1. The standard InChI is InChI=1S/C23H34O5/c1-4-14(2)23(26)28-20-7-5-6-16-9-8-15(3)19(22(16)20)11-10-18-12-17(24)13-21(25)27-18/h6,8-9,14-15,17-20,22,24H,4-5,7,10-13H2,1-3H3/t14?,15?,17-,18-,19?,20+,22?/m1/s1. The average Bonchev–Trinajstić information content (AvgIpc) is 2.66. The van der Waals surface area contributed by atoms with Crippen LogP contribution in [0.2, 0.25) is 0 Å². The molecular formula is C23H34O5. The highest BCUT2D eigenvalue weighted by Crippen LogP contribution is 2.44. The molecule has 4 unspecified atom stereocenters. The van der Waals surface area contributed by atoms with Gasteiger partial charge in [-0.2, -0.15) is 0 Å². The number of aliphatic hydroxyl groups excluding tert-OH is 1. The minimum absolute atomic E-state index is 0.0764. The number of cyclic esters (lactones) is 1. The second-order valence-corrected chi connectivity index (χ2v) is 8.76. The first-order valence-corrected chi connectivity index (χ1v) is 10.8. The Bertz CT molecular complexity index is 637. The van der Waals surface area contributed by atoms with E-state index in [4.69, 9.17) is 9.47 Å². The highest BCUT2D eigenvalue weighted by atomic mass is 16.5. The number of carbonyl (C=O) groups excluding carboxylic acids is 2. The topological polar surface area (TPSA) is 72.8 Å². The van der Waals surface area contributed by atoms with Gasteiger partial charge in [0, 0.05) is 12.3 Å². The zero-order chi connectivity index (χ0) is 20.3. The highest BCUT2D eigenvalue weighted by Gasteiger charge is 2.40. The Morgan fingerprint density at radius 1 is 1.39 bits per heavy atom. The molecule has 2 aliphatic carbocycles. The summed E-state index contributed by atoms with van der Waals surface area (Å²) in [5.41, 5.74) is 1.27. The van der Waals surface area contributed by atoms with Crippen LogP contribution in [0.4, 0.5) is 0 Å². The summed E-state index contributed by atoms with van der Waals surface area (Å²) in [4.78, 5) is 24.1. The lowest BCUT2D eigenvalue weighted by atomic mass is 9.66. The molecular weight excluding hydrogens is 356 g/mol. The van der Waals surface area contributed by atoms with E-state index in [1.807, 2.05) is 13.8 Å². The van der Waals surface area contributed by atoms with Crippen LogP contribution in [0.15, 0.2) is 23.8 Å². The number of ether oxygens (including phenoxy) is 2. The van der Waals surface area contributed by atoms with Crippen molar-refractivity contribution in [2.75, 3.05) is 0 Å². The Balaban J connectivity index is 1.70. The SMILES string of the molecule is CCC(C)C(=O)O[C@H]1CCC=C2C=CC(C)C(CC[C@@H]3C[C@@H](O)CC(=O)O3)C21. The zero-order valence-electron chi connectivity index (χ0n) is 17.3. The van der Waals surface area contributed by atoms with Gasteiger partial charge in [-0.1, -0.05) is 39.0 Å². The average molecular weight is 391 g/mol. The quantitative estimate of drug-likeness (QED) is 0.695. The molecule has 1 saturated heterocycles. The summed E-state index contributed by atoms with van der Waals surface area (Å²) in [5.74, 6) is 0.426. The van der Waals surface area contributed by atoms with E-state index in [2.05, 4.69) is 25.2 Å². The highest BCUT2D eigenvalue weighted by molar-refractivity contribution is 5.72. The molecule has 0 aromatic carbocycles. The lowest BCUT2D eigenvalue weighted by molar-refractivity contribution is -0.162. The van der Waals surface area contributed by atoms with Crippen LogP contribution in [0, 0.1) is 23.7 Å². The summed E-state index contributed by atoms with van der Waals surface area (Å²) in [6.45, 7) is 6.14. The lowest BCUT2D eigenvalue weighted by Gasteiger charge is -2.42. The van der Waals surface area contributed by atoms with E-state index in [0.717, 1.165) is 32.1 Å². The molecule has 0 aromatic rings. The second-order valence-electron chi connectivity index (χ2n) is 8.76. The van der Waals surface area contributed by atoms with Gasteiger partial charge in [0.05, 0.1) is 18.4 Å². The maximum atomic E-state index is 12.4. The van der Waals surface area contributed by atoms with Crippen molar-refractivity contribution in [1.29, 1.82) is 0 Å². The van der Waals surface area contributed by atoms with E-state index in [9.17, 15) is 14.7 Å². The van der Waals surface area contributed by atoms with Crippen molar-refractivity contribution < 1.29 is 24.2 Å². The summed E-state index contributed by atoms with van der Waals surface area (Å²) >= 11 is 0. The van der Waals surface area contributed by atoms with Crippen molar-refractivity contribution in [3.8, 4) is 0 Å². The number of aliphatic hydroxyl groups is 1. The second kappa shape index (κ2) is 9.25. The molecule has 3 aliphatic rings. The fourth-order valence-electron chi connectivity index (χ4n) is 4.80. The van der Waals surface area contributed by atoms with E-state index >= 15 is 0 Å². The summed E-state index contributed by atoms with van der Waals surface area (Å²) in [5, 5.41) is 9.86. The molecule has 1 aliphatic heterocycles. The minimum Gasteiger partial charge on any atom is -0.462 e. The van der Waals surface area contributed by atoms with Crippen LogP contribution in [-0.2, 0) is 19.1 Å². The third-order valence-corrected chi connectivity index (χ3v) is 6.69. The first-order valence-electron chi connectivity index (χ1n) is 10.8. The fourth-order valence-corrected chi connectivity index (χ4v) is 4.80. The number of allylic oxidation sites excluding steroid dienone is 3. The van der Waals surface area contributed by atoms with Crippen LogP contribution in [-0.4, -0.2) is 35.4 Å². The number of rotatable bonds is 6. The summed E-state index contributed by atoms with van der Waals surface area (Å²) in [6, 6.07) is 0. The van der Waals surface area contributed by atoms with Crippen molar-refractivity contribution in [3.05, 3.63) is 23.8 Å². The molecule has 0 aromatic heterocycles. The third kappa shape index (κ3) is 4.86. The van der Waals surface area contributed by atoms with Gasteiger partial charge in [-0.05, 0) is 49.5 Å². The molecule has 0 spiro atoms. The largest absolute Gasteiger partial charge is 0.462 e. The van der Waals surface area contributed by atoms with Crippen molar-refractivity contribution >= 4 is 11.9 Å². The smallest absolute Gasteiger partial charge is 0.308 e. The van der Waals surface area contributed by atoms with E-state index in [-0.39, 0.29) is 42.4 Å². The van der Waals surface area contributed by atoms with Gasteiger partial charge in [0.2, 0.25) is 0 Å². The molecule has 0 radical (unpaired) electrons. The van der Waals surface area contributed by atoms with Crippen molar-refractivity contribution in [3.63, 3.8) is 0 Å². The van der Waals surface area contributed by atoms with Crippen LogP contribution < -0.4 is 0 Å². The predicted octanol–water partition coefficient (Wildman–Crippen LogP) is 3.95. The Hall–Kier alpha value is -1.62. The minimum atomic E-state index is -0.593.